The van der Waals surface area contributed by atoms with Crippen LogP contribution in [0.1, 0.15) is 12.2 Å². The Kier molecular flexibility index (Phi) is 4.70. The molecule has 3 rings (SSSR count). The van der Waals surface area contributed by atoms with Gasteiger partial charge in [0.25, 0.3) is 0 Å². The molecule has 0 radical (unpaired) electrons. The fraction of sp³-hybridized carbons (Fsp3) is 0.375. The molecule has 0 spiro atoms. The molecule has 1 aliphatic rings. The molecule has 1 unspecified atom stereocenters. The largest absolute Gasteiger partial charge is 0.381 e. The van der Waals surface area contributed by atoms with Crippen LogP contribution in [-0.4, -0.2) is 30.2 Å². The van der Waals surface area contributed by atoms with Crippen LogP contribution in [0.15, 0.2) is 30.3 Å². The Morgan fingerprint density at radius 3 is 2.76 bits per heavy atom. The van der Waals surface area contributed by atoms with Crippen molar-refractivity contribution in [1.82, 2.24) is 9.97 Å². The Hall–Kier alpha value is -1.21. The van der Waals surface area contributed by atoms with Gasteiger partial charge < -0.3 is 10.1 Å². The zero-order valence-electron chi connectivity index (χ0n) is 12.0. The van der Waals surface area contributed by atoms with Crippen molar-refractivity contribution < 1.29 is 4.74 Å². The minimum atomic E-state index is 0.540. The van der Waals surface area contributed by atoms with Crippen molar-refractivity contribution in [3.8, 4) is 11.3 Å². The lowest BCUT2D eigenvalue weighted by atomic mass is 10.0. The van der Waals surface area contributed by atoms with Crippen molar-refractivity contribution >= 4 is 28.4 Å². The van der Waals surface area contributed by atoms with Gasteiger partial charge in [-0.15, -0.1) is 0 Å². The van der Waals surface area contributed by atoms with Crippen molar-refractivity contribution in [3.05, 3.63) is 39.7 Å². The Balaban J connectivity index is 1.98. The molecule has 0 amide bonds. The molecule has 21 heavy (non-hydrogen) atoms. The molecule has 4 nitrogen and oxygen atoms in total. The fourth-order valence-electron chi connectivity index (χ4n) is 2.54. The molecule has 1 aromatic heterocycles. The number of benzene rings is 1. The second-order valence-electron chi connectivity index (χ2n) is 5.20. The van der Waals surface area contributed by atoms with Gasteiger partial charge >= 0.3 is 0 Å². The van der Waals surface area contributed by atoms with E-state index in [0.717, 1.165) is 52.5 Å². The van der Waals surface area contributed by atoms with E-state index >= 15 is 0 Å². The van der Waals surface area contributed by atoms with E-state index in [2.05, 4.69) is 45.0 Å². The SMILES string of the molecule is CNc1nc(CC2CCOC2)nc(-c2ccccc2)c1I. The highest BCUT2D eigenvalue weighted by Gasteiger charge is 2.20. The van der Waals surface area contributed by atoms with Crippen LogP contribution in [0.4, 0.5) is 5.82 Å². The molecule has 0 bridgehead atoms. The number of nitrogens with one attached hydrogen (secondary N) is 1. The zero-order chi connectivity index (χ0) is 14.7. The maximum absolute atomic E-state index is 5.45. The molecule has 110 valence electrons. The molecule has 1 aromatic carbocycles. The summed E-state index contributed by atoms with van der Waals surface area (Å²) < 4.78 is 6.51. The van der Waals surface area contributed by atoms with Gasteiger partial charge in [-0.2, -0.15) is 0 Å². The summed E-state index contributed by atoms with van der Waals surface area (Å²) >= 11 is 2.31. The number of hydrogen-bond donors (Lipinski definition) is 1. The van der Waals surface area contributed by atoms with E-state index in [1.807, 2.05) is 25.2 Å². The summed E-state index contributed by atoms with van der Waals surface area (Å²) in [6.07, 6.45) is 1.98. The van der Waals surface area contributed by atoms with E-state index in [1.165, 1.54) is 0 Å². The smallest absolute Gasteiger partial charge is 0.143 e. The minimum Gasteiger partial charge on any atom is -0.381 e. The molecular formula is C16H18IN3O. The molecule has 1 fully saturated rings. The quantitative estimate of drug-likeness (QED) is 0.807. The third-order valence-electron chi connectivity index (χ3n) is 3.68. The van der Waals surface area contributed by atoms with Gasteiger partial charge in [0, 0.05) is 32.2 Å². The molecule has 2 heterocycles. The number of nitrogens with zero attached hydrogens (tertiary/aromatic N) is 2. The molecule has 1 N–H and O–H groups in total. The monoisotopic (exact) mass is 395 g/mol. The Morgan fingerprint density at radius 2 is 2.10 bits per heavy atom. The van der Waals surface area contributed by atoms with Crippen molar-refractivity contribution in [2.45, 2.75) is 12.8 Å². The van der Waals surface area contributed by atoms with Gasteiger partial charge in [0.05, 0.1) is 9.26 Å². The number of aromatic nitrogens is 2. The number of rotatable bonds is 4. The van der Waals surface area contributed by atoms with Crippen molar-refractivity contribution in [2.24, 2.45) is 5.92 Å². The summed E-state index contributed by atoms with van der Waals surface area (Å²) in [7, 11) is 1.90. The average molecular weight is 395 g/mol. The number of anilines is 1. The second kappa shape index (κ2) is 6.70. The van der Waals surface area contributed by atoms with E-state index < -0.39 is 0 Å². The number of hydrogen-bond acceptors (Lipinski definition) is 4. The molecule has 5 heteroatoms. The lowest BCUT2D eigenvalue weighted by molar-refractivity contribution is 0.185. The van der Waals surface area contributed by atoms with Crippen LogP contribution in [0.25, 0.3) is 11.3 Å². The summed E-state index contributed by atoms with van der Waals surface area (Å²) in [5, 5.41) is 3.18. The Morgan fingerprint density at radius 1 is 1.29 bits per heavy atom. The van der Waals surface area contributed by atoms with Crippen molar-refractivity contribution in [2.75, 3.05) is 25.6 Å². The second-order valence-corrected chi connectivity index (χ2v) is 6.28. The van der Waals surface area contributed by atoms with Gasteiger partial charge in [0.1, 0.15) is 11.6 Å². The highest BCUT2D eigenvalue weighted by Crippen LogP contribution is 2.28. The lowest BCUT2D eigenvalue weighted by Gasteiger charge is -2.13. The summed E-state index contributed by atoms with van der Waals surface area (Å²) in [4.78, 5) is 9.46. The Bertz CT molecular complexity index is 612. The van der Waals surface area contributed by atoms with Gasteiger partial charge in [-0.05, 0) is 34.9 Å². The summed E-state index contributed by atoms with van der Waals surface area (Å²) in [6.45, 7) is 1.68. The summed E-state index contributed by atoms with van der Waals surface area (Å²) in [6, 6.07) is 10.3. The topological polar surface area (TPSA) is 47.0 Å². The molecule has 0 saturated carbocycles. The molecular weight excluding hydrogens is 377 g/mol. The standard InChI is InChI=1S/C16H18IN3O/c1-18-16-14(17)15(12-5-3-2-4-6-12)19-13(20-16)9-11-7-8-21-10-11/h2-6,11H,7-10H2,1H3,(H,18,19,20). The first-order chi connectivity index (χ1) is 10.3. The maximum atomic E-state index is 5.45. The first-order valence-electron chi connectivity index (χ1n) is 7.15. The Labute approximate surface area is 138 Å². The first kappa shape index (κ1) is 14.7. The number of halogens is 1. The van der Waals surface area contributed by atoms with Gasteiger partial charge in [0.15, 0.2) is 0 Å². The van der Waals surface area contributed by atoms with E-state index in [0.29, 0.717) is 5.92 Å². The van der Waals surface area contributed by atoms with Crippen LogP contribution in [0.2, 0.25) is 0 Å². The highest BCUT2D eigenvalue weighted by molar-refractivity contribution is 14.1. The van der Waals surface area contributed by atoms with Crippen LogP contribution >= 0.6 is 22.6 Å². The van der Waals surface area contributed by atoms with E-state index in [-0.39, 0.29) is 0 Å². The predicted octanol–water partition coefficient (Wildman–Crippen LogP) is 3.37. The van der Waals surface area contributed by atoms with Gasteiger partial charge in [0.2, 0.25) is 0 Å². The number of ether oxygens (including phenoxy) is 1. The van der Waals surface area contributed by atoms with Crippen LogP contribution in [-0.2, 0) is 11.2 Å². The predicted molar refractivity (Wildman–Crippen MR) is 92.4 cm³/mol. The average Bonchev–Trinajstić information content (AvgIpc) is 3.02. The van der Waals surface area contributed by atoms with E-state index in [9.17, 15) is 0 Å². The molecule has 1 aliphatic heterocycles. The normalized spacial score (nSPS) is 17.9. The highest BCUT2D eigenvalue weighted by atomic mass is 127. The molecule has 2 aromatic rings. The van der Waals surface area contributed by atoms with E-state index in [1.54, 1.807) is 0 Å². The van der Waals surface area contributed by atoms with Gasteiger partial charge in [-0.25, -0.2) is 9.97 Å². The van der Waals surface area contributed by atoms with Gasteiger partial charge in [-0.3, -0.25) is 0 Å². The third kappa shape index (κ3) is 3.35. The minimum absolute atomic E-state index is 0.540. The lowest BCUT2D eigenvalue weighted by Crippen LogP contribution is -2.11. The molecule has 1 saturated heterocycles. The van der Waals surface area contributed by atoms with E-state index in [4.69, 9.17) is 9.72 Å². The van der Waals surface area contributed by atoms with Crippen molar-refractivity contribution in [1.29, 1.82) is 0 Å². The van der Waals surface area contributed by atoms with Gasteiger partial charge in [-0.1, -0.05) is 30.3 Å². The van der Waals surface area contributed by atoms with Crippen LogP contribution in [0.3, 0.4) is 0 Å². The van der Waals surface area contributed by atoms with Crippen LogP contribution < -0.4 is 5.32 Å². The summed E-state index contributed by atoms with van der Waals surface area (Å²) in [5.74, 6) is 2.34. The third-order valence-corrected chi connectivity index (χ3v) is 4.70. The maximum Gasteiger partial charge on any atom is 0.143 e. The molecule has 1 atom stereocenters. The fourth-order valence-corrected chi connectivity index (χ4v) is 3.36. The zero-order valence-corrected chi connectivity index (χ0v) is 14.1. The molecule has 0 aliphatic carbocycles. The first-order valence-corrected chi connectivity index (χ1v) is 8.23. The summed E-state index contributed by atoms with van der Waals surface area (Å²) in [5.41, 5.74) is 2.13. The van der Waals surface area contributed by atoms with Crippen LogP contribution in [0, 0.1) is 9.49 Å². The van der Waals surface area contributed by atoms with Crippen molar-refractivity contribution in [3.63, 3.8) is 0 Å². The van der Waals surface area contributed by atoms with Crippen LogP contribution in [0.5, 0.6) is 0 Å².